The van der Waals surface area contributed by atoms with Crippen LogP contribution in [0.25, 0.3) is 0 Å². The van der Waals surface area contributed by atoms with Gasteiger partial charge in [-0.2, -0.15) is 0 Å². The van der Waals surface area contributed by atoms with E-state index in [9.17, 15) is 4.79 Å². The highest BCUT2D eigenvalue weighted by atomic mass is 35.5. The van der Waals surface area contributed by atoms with E-state index in [2.05, 4.69) is 9.73 Å². The molecule has 4 heteroatoms. The predicted molar refractivity (Wildman–Crippen MR) is 56.3 cm³/mol. The van der Waals surface area contributed by atoms with Crippen molar-refractivity contribution in [3.05, 3.63) is 23.9 Å². The summed E-state index contributed by atoms with van der Waals surface area (Å²) in [5.41, 5.74) is 0.414. The Hall–Kier alpha value is -1.09. The lowest BCUT2D eigenvalue weighted by Crippen LogP contribution is -2.07. The van der Waals surface area contributed by atoms with Crippen molar-refractivity contribution in [2.75, 3.05) is 7.11 Å². The van der Waals surface area contributed by atoms with Crippen molar-refractivity contribution >= 4 is 22.7 Å². The molecule has 1 heterocycles. The molecule has 3 nitrogen and oxygen atoms in total. The van der Waals surface area contributed by atoms with Gasteiger partial charge in [-0.05, 0) is 6.42 Å². The van der Waals surface area contributed by atoms with Gasteiger partial charge in [-0.3, -0.25) is 0 Å². The molecule has 14 heavy (non-hydrogen) atoms. The van der Waals surface area contributed by atoms with E-state index in [-0.39, 0.29) is 5.92 Å². The van der Waals surface area contributed by atoms with Crippen molar-refractivity contribution in [2.45, 2.75) is 13.3 Å². The third-order valence-corrected chi connectivity index (χ3v) is 2.41. The maximum absolute atomic E-state index is 11.2. The molecule has 1 aliphatic heterocycles. The van der Waals surface area contributed by atoms with Gasteiger partial charge in [0.2, 0.25) is 0 Å². The third kappa shape index (κ3) is 2.70. The Morgan fingerprint density at radius 1 is 1.71 bits per heavy atom. The van der Waals surface area contributed by atoms with Crippen LogP contribution in [0.4, 0.5) is 0 Å². The van der Waals surface area contributed by atoms with E-state index >= 15 is 0 Å². The van der Waals surface area contributed by atoms with Crippen LogP contribution in [0.15, 0.2) is 28.9 Å². The Morgan fingerprint density at radius 2 is 2.43 bits per heavy atom. The van der Waals surface area contributed by atoms with Crippen molar-refractivity contribution in [2.24, 2.45) is 10.9 Å². The summed E-state index contributed by atoms with van der Waals surface area (Å²) in [6.07, 6.45) is 5.80. The van der Waals surface area contributed by atoms with E-state index in [1.807, 2.05) is 13.0 Å². The zero-order chi connectivity index (χ0) is 10.6. The molecule has 0 spiro atoms. The second-order valence-corrected chi connectivity index (χ2v) is 3.45. The minimum Gasteiger partial charge on any atom is -0.465 e. The van der Waals surface area contributed by atoms with Crippen LogP contribution in [0, 0.1) is 5.92 Å². The summed E-state index contributed by atoms with van der Waals surface area (Å²) in [6, 6.07) is 0. The van der Waals surface area contributed by atoms with E-state index in [4.69, 9.17) is 11.6 Å². The van der Waals surface area contributed by atoms with Crippen molar-refractivity contribution in [3.63, 3.8) is 0 Å². The zero-order valence-corrected chi connectivity index (χ0v) is 8.91. The lowest BCUT2D eigenvalue weighted by atomic mass is 10.1. The van der Waals surface area contributed by atoms with Gasteiger partial charge in [-0.1, -0.05) is 30.7 Å². The fourth-order valence-corrected chi connectivity index (χ4v) is 1.17. The molecule has 0 amide bonds. The number of hydrogen-bond donors (Lipinski definition) is 0. The third-order valence-electron chi connectivity index (χ3n) is 1.94. The lowest BCUT2D eigenvalue weighted by molar-refractivity contribution is -0.135. The summed E-state index contributed by atoms with van der Waals surface area (Å²) in [5.74, 6) is -0.201. The molecule has 0 radical (unpaired) electrons. The molecular formula is C10H12ClNO2. The van der Waals surface area contributed by atoms with Gasteiger partial charge in [-0.15, -0.1) is 0 Å². The number of nitrogens with zero attached hydrogens (tertiary/aromatic N) is 1. The predicted octanol–water partition coefficient (Wildman–Crippen LogP) is 2.28. The highest BCUT2D eigenvalue weighted by Gasteiger charge is 2.11. The molecule has 0 aromatic carbocycles. The number of aliphatic imine (C=N–C) groups is 1. The van der Waals surface area contributed by atoms with E-state index in [1.165, 1.54) is 13.3 Å². The summed E-state index contributed by atoms with van der Waals surface area (Å²) in [6.45, 7) is 1.98. The van der Waals surface area contributed by atoms with Gasteiger partial charge < -0.3 is 4.74 Å². The Bertz CT molecular complexity index is 318. The van der Waals surface area contributed by atoms with Crippen molar-refractivity contribution in [1.82, 2.24) is 0 Å². The molecular weight excluding hydrogens is 202 g/mol. The van der Waals surface area contributed by atoms with Crippen LogP contribution in [-0.2, 0) is 9.53 Å². The first-order chi connectivity index (χ1) is 6.65. The average Bonchev–Trinajstić information content (AvgIpc) is 2.18. The van der Waals surface area contributed by atoms with Crippen LogP contribution < -0.4 is 0 Å². The number of esters is 1. The average molecular weight is 214 g/mol. The molecule has 76 valence electrons. The second kappa shape index (κ2) is 4.96. The number of methoxy groups -OCH3 is 1. The topological polar surface area (TPSA) is 38.7 Å². The van der Waals surface area contributed by atoms with Gasteiger partial charge >= 0.3 is 5.97 Å². The Balaban J connectivity index is 2.92. The van der Waals surface area contributed by atoms with Gasteiger partial charge in [0.15, 0.2) is 0 Å². The van der Waals surface area contributed by atoms with Crippen LogP contribution in [0.1, 0.15) is 13.3 Å². The van der Waals surface area contributed by atoms with Gasteiger partial charge in [0.05, 0.1) is 12.7 Å². The molecule has 0 aliphatic carbocycles. The number of carbonyl (C=O) groups is 1. The number of carbonyl (C=O) groups excluding carboxylic acids is 1. The molecule has 0 saturated heterocycles. The quantitative estimate of drug-likeness (QED) is 0.627. The van der Waals surface area contributed by atoms with Crippen LogP contribution in [0.2, 0.25) is 0 Å². The summed E-state index contributed by atoms with van der Waals surface area (Å²) >= 11 is 5.88. The first-order valence-corrected chi connectivity index (χ1v) is 4.71. The molecule has 0 bridgehead atoms. The summed E-state index contributed by atoms with van der Waals surface area (Å²) < 4.78 is 4.58. The van der Waals surface area contributed by atoms with Crippen molar-refractivity contribution in [3.8, 4) is 0 Å². The smallest absolute Gasteiger partial charge is 0.339 e. The second-order valence-electron chi connectivity index (χ2n) is 3.07. The number of allylic oxidation sites excluding steroid dienone is 1. The fourth-order valence-electron chi connectivity index (χ4n) is 1.04. The van der Waals surface area contributed by atoms with Crippen molar-refractivity contribution < 1.29 is 9.53 Å². The van der Waals surface area contributed by atoms with Crippen molar-refractivity contribution in [1.29, 1.82) is 0 Å². The minimum absolute atomic E-state index is 0.198. The molecule has 0 fully saturated rings. The largest absolute Gasteiger partial charge is 0.465 e. The van der Waals surface area contributed by atoms with Crippen LogP contribution in [0.5, 0.6) is 0 Å². The van der Waals surface area contributed by atoms with Gasteiger partial charge in [0.25, 0.3) is 0 Å². The molecule has 0 aromatic rings. The minimum atomic E-state index is -0.399. The summed E-state index contributed by atoms with van der Waals surface area (Å²) in [7, 11) is 1.34. The highest BCUT2D eigenvalue weighted by Crippen LogP contribution is 2.14. The summed E-state index contributed by atoms with van der Waals surface area (Å²) in [5, 5.41) is 0.510. The Morgan fingerprint density at radius 3 is 3.07 bits per heavy atom. The van der Waals surface area contributed by atoms with E-state index in [0.717, 1.165) is 6.42 Å². The first-order valence-electron chi connectivity index (χ1n) is 4.33. The number of rotatable bonds is 1. The fraction of sp³-hybridized carbons (Fsp3) is 0.400. The normalized spacial score (nSPS) is 21.8. The van der Waals surface area contributed by atoms with E-state index < -0.39 is 5.97 Å². The molecule has 0 N–H and O–H groups in total. The summed E-state index contributed by atoms with van der Waals surface area (Å²) in [4.78, 5) is 15.1. The number of hydrogen-bond acceptors (Lipinski definition) is 3. The number of ether oxygens (including phenoxy) is 1. The molecule has 0 aromatic heterocycles. The van der Waals surface area contributed by atoms with Crippen LogP contribution in [-0.4, -0.2) is 18.2 Å². The highest BCUT2D eigenvalue weighted by molar-refractivity contribution is 6.65. The van der Waals surface area contributed by atoms with E-state index in [0.29, 0.717) is 10.7 Å². The van der Waals surface area contributed by atoms with Gasteiger partial charge in [-0.25, -0.2) is 9.79 Å². The van der Waals surface area contributed by atoms with Crippen LogP contribution in [0.3, 0.4) is 0 Å². The maximum Gasteiger partial charge on any atom is 0.339 e. The molecule has 1 aliphatic rings. The van der Waals surface area contributed by atoms with Crippen LogP contribution >= 0.6 is 11.6 Å². The van der Waals surface area contributed by atoms with Gasteiger partial charge in [0.1, 0.15) is 5.17 Å². The van der Waals surface area contributed by atoms with Gasteiger partial charge in [0, 0.05) is 12.1 Å². The molecule has 0 saturated carbocycles. The lowest BCUT2D eigenvalue weighted by Gasteiger charge is -2.08. The molecule has 1 atom stereocenters. The monoisotopic (exact) mass is 213 g/mol. The Labute approximate surface area is 88.1 Å². The zero-order valence-electron chi connectivity index (χ0n) is 8.16. The molecule has 1 unspecified atom stereocenters. The Kier molecular flexibility index (Phi) is 3.89. The standard InChI is InChI=1S/C10H12ClNO2/c1-7-4-3-5-8(10(13)14-2)6-12-9(7)11/h3,5-7H,4H2,1-2H3. The first kappa shape index (κ1) is 11.0. The maximum atomic E-state index is 11.2. The van der Waals surface area contributed by atoms with E-state index in [1.54, 1.807) is 6.08 Å². The SMILES string of the molecule is COC(=O)C1=CN=C(Cl)C(C)CC=C1. The number of halogens is 1. The molecule has 1 rings (SSSR count).